The summed E-state index contributed by atoms with van der Waals surface area (Å²) in [5.41, 5.74) is 6.75. The van der Waals surface area contributed by atoms with Gasteiger partial charge in [0.2, 0.25) is 5.91 Å². The van der Waals surface area contributed by atoms with Gasteiger partial charge in [-0.05, 0) is 35.9 Å². The second-order valence-corrected chi connectivity index (χ2v) is 7.36. The van der Waals surface area contributed by atoms with Gasteiger partial charge in [-0.1, -0.05) is 39.7 Å². The molecule has 1 saturated heterocycles. The number of nitrogens with two attached hydrogens (primary N) is 1. The molecule has 24 heavy (non-hydrogen) atoms. The summed E-state index contributed by atoms with van der Waals surface area (Å²) in [4.78, 5) is 12.7. The Kier molecular flexibility index (Phi) is 3.80. The highest BCUT2D eigenvalue weighted by molar-refractivity contribution is 9.10. The molecule has 2 aromatic rings. The van der Waals surface area contributed by atoms with E-state index in [1.165, 1.54) is 0 Å². The van der Waals surface area contributed by atoms with Gasteiger partial charge >= 0.3 is 0 Å². The molecule has 0 aromatic heterocycles. The van der Waals surface area contributed by atoms with Crippen LogP contribution in [0, 0.1) is 0 Å². The van der Waals surface area contributed by atoms with Gasteiger partial charge in [-0.3, -0.25) is 15.8 Å². The first-order chi connectivity index (χ1) is 11.5. The van der Waals surface area contributed by atoms with Gasteiger partial charge in [-0.2, -0.15) is 0 Å². The lowest BCUT2D eigenvalue weighted by Crippen LogP contribution is -2.50. The average molecular weight is 409 g/mol. The van der Waals surface area contributed by atoms with Crippen molar-refractivity contribution in [1.29, 1.82) is 0 Å². The zero-order valence-electron chi connectivity index (χ0n) is 12.6. The highest BCUT2D eigenvalue weighted by Gasteiger charge is 2.52. The molecule has 2 aliphatic heterocycles. The highest BCUT2D eigenvalue weighted by atomic mass is 79.9. The van der Waals surface area contributed by atoms with Gasteiger partial charge < -0.3 is 10.1 Å². The summed E-state index contributed by atoms with van der Waals surface area (Å²) in [7, 11) is 0. The van der Waals surface area contributed by atoms with Gasteiger partial charge in [-0.15, -0.1) is 0 Å². The van der Waals surface area contributed by atoms with E-state index in [0.29, 0.717) is 17.2 Å². The van der Waals surface area contributed by atoms with Gasteiger partial charge in [-0.25, -0.2) is 0 Å². The molecule has 5 nitrogen and oxygen atoms in total. The smallest absolute Gasteiger partial charge is 0.247 e. The van der Waals surface area contributed by atoms with Crippen molar-refractivity contribution in [3.63, 3.8) is 0 Å². The molecule has 0 saturated carbocycles. The average Bonchev–Trinajstić information content (AvgIpc) is 2.83. The number of hydrogen-bond acceptors (Lipinski definition) is 4. The van der Waals surface area contributed by atoms with Gasteiger partial charge in [0, 0.05) is 21.5 Å². The van der Waals surface area contributed by atoms with Crippen LogP contribution in [0.15, 0.2) is 46.9 Å². The summed E-state index contributed by atoms with van der Waals surface area (Å²) in [6, 6.07) is 13.1. The normalized spacial score (nSPS) is 28.4. The van der Waals surface area contributed by atoms with Crippen molar-refractivity contribution >= 4 is 33.4 Å². The first-order valence-corrected chi connectivity index (χ1v) is 8.71. The Morgan fingerprint density at radius 3 is 2.67 bits per heavy atom. The highest BCUT2D eigenvalue weighted by Crippen LogP contribution is 2.47. The molecule has 7 heteroatoms. The standard InChI is InChI=1S/C17H15BrClN3O2/c18-10-3-6-13-12(7-10)17(15(23)21-16(20)22-17)8-14(24-13)9-1-4-11(19)5-2-9/h1-7,14,16,22H,8,20H2,(H,21,23). The lowest BCUT2D eigenvalue weighted by molar-refractivity contribution is -0.126. The summed E-state index contributed by atoms with van der Waals surface area (Å²) in [6.07, 6.45) is -0.426. The van der Waals surface area contributed by atoms with Crippen molar-refractivity contribution in [2.45, 2.75) is 24.4 Å². The zero-order chi connectivity index (χ0) is 16.9. The third-order valence-electron chi connectivity index (χ3n) is 4.48. The SMILES string of the molecule is NC1NC(=O)C2(CC(c3ccc(Cl)cc3)Oc3ccc(Br)cc32)N1. The molecule has 1 spiro atoms. The predicted octanol–water partition coefficient (Wildman–Crippen LogP) is 2.78. The Morgan fingerprint density at radius 1 is 1.25 bits per heavy atom. The van der Waals surface area contributed by atoms with Crippen molar-refractivity contribution < 1.29 is 9.53 Å². The van der Waals surface area contributed by atoms with Crippen molar-refractivity contribution in [3.05, 3.63) is 63.1 Å². The van der Waals surface area contributed by atoms with Crippen molar-refractivity contribution in [2.24, 2.45) is 5.73 Å². The van der Waals surface area contributed by atoms with Gasteiger partial charge in [0.05, 0.1) is 0 Å². The number of rotatable bonds is 1. The van der Waals surface area contributed by atoms with Crippen LogP contribution in [-0.2, 0) is 10.3 Å². The van der Waals surface area contributed by atoms with Crippen LogP contribution in [0.25, 0.3) is 0 Å². The molecule has 0 bridgehead atoms. The second-order valence-electron chi connectivity index (χ2n) is 6.00. The fourth-order valence-electron chi connectivity index (χ4n) is 3.37. The number of ether oxygens (including phenoxy) is 1. The molecule has 2 aliphatic rings. The molecular formula is C17H15BrClN3O2. The fourth-order valence-corrected chi connectivity index (χ4v) is 3.86. The second kappa shape index (κ2) is 5.74. The Bertz CT molecular complexity index is 814. The number of fused-ring (bicyclic) bond motifs is 2. The van der Waals surface area contributed by atoms with E-state index in [9.17, 15) is 4.79 Å². The molecule has 0 radical (unpaired) electrons. The molecular weight excluding hydrogens is 394 g/mol. The van der Waals surface area contributed by atoms with Crippen molar-refractivity contribution in [1.82, 2.24) is 10.6 Å². The number of halogens is 2. The zero-order valence-corrected chi connectivity index (χ0v) is 14.9. The van der Waals surface area contributed by atoms with Crippen LogP contribution >= 0.6 is 27.5 Å². The van der Waals surface area contributed by atoms with Gasteiger partial charge in [0.25, 0.3) is 0 Å². The molecule has 3 unspecified atom stereocenters. The minimum atomic E-state index is -0.916. The molecule has 0 aliphatic carbocycles. The molecule has 124 valence electrons. The van der Waals surface area contributed by atoms with Crippen LogP contribution in [0.1, 0.15) is 23.7 Å². The molecule has 4 N–H and O–H groups in total. The van der Waals surface area contributed by atoms with E-state index >= 15 is 0 Å². The van der Waals surface area contributed by atoms with E-state index in [0.717, 1.165) is 15.6 Å². The maximum atomic E-state index is 12.7. The number of benzene rings is 2. The van der Waals surface area contributed by atoms with Crippen LogP contribution < -0.4 is 21.1 Å². The van der Waals surface area contributed by atoms with Crippen LogP contribution in [-0.4, -0.2) is 12.2 Å². The maximum absolute atomic E-state index is 12.7. The molecule has 3 atom stereocenters. The molecule has 4 rings (SSSR count). The van der Waals surface area contributed by atoms with Crippen LogP contribution in [0.2, 0.25) is 5.02 Å². The summed E-state index contributed by atoms with van der Waals surface area (Å²) >= 11 is 9.44. The van der Waals surface area contributed by atoms with E-state index in [-0.39, 0.29) is 12.0 Å². The third kappa shape index (κ3) is 2.50. The summed E-state index contributed by atoms with van der Waals surface area (Å²) < 4.78 is 7.04. The summed E-state index contributed by atoms with van der Waals surface area (Å²) in [5.74, 6) is 0.526. The van der Waals surface area contributed by atoms with Crippen molar-refractivity contribution in [3.8, 4) is 5.75 Å². The summed E-state index contributed by atoms with van der Waals surface area (Å²) in [6.45, 7) is 0. The quantitative estimate of drug-likeness (QED) is 0.678. The number of carbonyl (C=O) groups excluding carboxylic acids is 1. The molecule has 2 heterocycles. The lowest BCUT2D eigenvalue weighted by Gasteiger charge is -2.38. The first kappa shape index (κ1) is 15.9. The van der Waals surface area contributed by atoms with Crippen LogP contribution in [0.4, 0.5) is 0 Å². The molecule has 2 aromatic carbocycles. The minimum Gasteiger partial charge on any atom is -0.485 e. The monoisotopic (exact) mass is 407 g/mol. The molecule has 1 amide bonds. The van der Waals surface area contributed by atoms with Crippen molar-refractivity contribution in [2.75, 3.05) is 0 Å². The third-order valence-corrected chi connectivity index (χ3v) is 5.23. The number of nitrogens with one attached hydrogen (secondary N) is 2. The maximum Gasteiger partial charge on any atom is 0.247 e. The minimum absolute atomic E-state index is 0.142. The van der Waals surface area contributed by atoms with E-state index in [1.807, 2.05) is 42.5 Å². The Balaban J connectivity index is 1.82. The predicted molar refractivity (Wildman–Crippen MR) is 94.5 cm³/mol. The van der Waals surface area contributed by atoms with E-state index in [1.54, 1.807) is 0 Å². The van der Waals surface area contributed by atoms with E-state index < -0.39 is 11.8 Å². The lowest BCUT2D eigenvalue weighted by atomic mass is 9.80. The molecule has 1 fully saturated rings. The number of carbonyl (C=O) groups is 1. The Labute approximate surface area is 152 Å². The topological polar surface area (TPSA) is 76.4 Å². The van der Waals surface area contributed by atoms with Crippen LogP contribution in [0.3, 0.4) is 0 Å². The van der Waals surface area contributed by atoms with Gasteiger partial charge in [0.15, 0.2) is 0 Å². The largest absolute Gasteiger partial charge is 0.485 e. The first-order valence-electron chi connectivity index (χ1n) is 7.54. The Hall–Kier alpha value is -1.60. The van der Waals surface area contributed by atoms with Crippen LogP contribution in [0.5, 0.6) is 5.75 Å². The van der Waals surface area contributed by atoms with Gasteiger partial charge in [0.1, 0.15) is 23.7 Å². The van der Waals surface area contributed by atoms with E-state index in [4.69, 9.17) is 22.1 Å². The number of hydrogen-bond donors (Lipinski definition) is 3. The van der Waals surface area contributed by atoms with E-state index in [2.05, 4.69) is 26.6 Å². The Morgan fingerprint density at radius 2 is 2.00 bits per heavy atom. The fraction of sp³-hybridized carbons (Fsp3) is 0.235. The summed E-state index contributed by atoms with van der Waals surface area (Å²) in [5, 5.41) is 6.62. The number of amides is 1.